The van der Waals surface area contributed by atoms with Gasteiger partial charge in [-0.05, 0) is 35.9 Å². The van der Waals surface area contributed by atoms with Crippen LogP contribution < -0.4 is 9.47 Å². The predicted octanol–water partition coefficient (Wildman–Crippen LogP) is 5.22. The molecule has 31 heavy (non-hydrogen) atoms. The summed E-state index contributed by atoms with van der Waals surface area (Å²) in [4.78, 5) is 12.2. The van der Waals surface area contributed by atoms with Gasteiger partial charge in [-0.25, -0.2) is 0 Å². The molecule has 0 fully saturated rings. The minimum Gasteiger partial charge on any atom is -0.493 e. The van der Waals surface area contributed by atoms with Crippen LogP contribution in [0, 0.1) is 0 Å². The zero-order valence-corrected chi connectivity index (χ0v) is 16.9. The number of hydrogen-bond donors (Lipinski definition) is 0. The topological polar surface area (TPSA) is 74.5 Å². The van der Waals surface area contributed by atoms with Crippen LogP contribution in [0.4, 0.5) is 0 Å². The van der Waals surface area contributed by atoms with Crippen LogP contribution in [0.5, 0.6) is 11.5 Å². The van der Waals surface area contributed by atoms with Gasteiger partial charge >= 0.3 is 0 Å². The third-order valence-corrected chi connectivity index (χ3v) is 4.51. The highest BCUT2D eigenvalue weighted by Crippen LogP contribution is 2.29. The monoisotopic (exact) mass is 412 g/mol. The summed E-state index contributed by atoms with van der Waals surface area (Å²) >= 11 is 0. The number of aromatic nitrogens is 2. The van der Waals surface area contributed by atoms with Crippen molar-refractivity contribution in [2.24, 2.45) is 0 Å². The molecule has 0 unspecified atom stereocenters. The number of hydrogen-bond acceptors (Lipinski definition) is 6. The van der Waals surface area contributed by atoms with Crippen molar-refractivity contribution in [3.8, 4) is 23.0 Å². The Bertz CT molecular complexity index is 1180. The Kier molecular flexibility index (Phi) is 6.18. The highest BCUT2D eigenvalue weighted by Gasteiger charge is 2.11. The van der Waals surface area contributed by atoms with Crippen LogP contribution in [0.1, 0.15) is 21.8 Å². The maximum atomic E-state index is 12.2. The normalized spacial score (nSPS) is 10.9. The van der Waals surface area contributed by atoms with Crippen molar-refractivity contribution in [2.45, 2.75) is 6.61 Å². The Morgan fingerprint density at radius 1 is 0.935 bits per heavy atom. The molecule has 1 heterocycles. The zero-order valence-electron chi connectivity index (χ0n) is 16.9. The van der Waals surface area contributed by atoms with Gasteiger partial charge in [0.15, 0.2) is 23.9 Å². The van der Waals surface area contributed by atoms with Gasteiger partial charge in [0.05, 0.1) is 7.11 Å². The molecule has 0 aliphatic rings. The Labute approximate surface area is 179 Å². The van der Waals surface area contributed by atoms with E-state index in [1.165, 1.54) is 6.08 Å². The minimum atomic E-state index is -0.0643. The molecule has 0 saturated heterocycles. The lowest BCUT2D eigenvalue weighted by molar-refractivity contribution is 0.104. The van der Waals surface area contributed by atoms with E-state index in [4.69, 9.17) is 13.9 Å². The van der Waals surface area contributed by atoms with Gasteiger partial charge in [0.1, 0.15) is 0 Å². The third-order valence-electron chi connectivity index (χ3n) is 4.51. The quantitative estimate of drug-likeness (QED) is 0.292. The molecule has 154 valence electrons. The molecule has 1 aromatic heterocycles. The van der Waals surface area contributed by atoms with E-state index in [-0.39, 0.29) is 12.4 Å². The van der Waals surface area contributed by atoms with Crippen LogP contribution in [0.2, 0.25) is 0 Å². The van der Waals surface area contributed by atoms with E-state index in [1.54, 1.807) is 37.5 Å². The fraction of sp³-hybridized carbons (Fsp3) is 0.0800. The molecule has 0 atom stereocenters. The summed E-state index contributed by atoms with van der Waals surface area (Å²) in [5.74, 6) is 1.81. The summed E-state index contributed by atoms with van der Waals surface area (Å²) in [5, 5.41) is 8.08. The molecular formula is C25H20N2O4. The standard InChI is InChI=1S/C25H20N2O4/c1-29-23-16-18(12-14-21(28)19-8-4-2-5-9-19)13-15-22(23)30-17-24-26-27-25(31-24)20-10-6-3-7-11-20/h2-16H,17H2,1H3/b14-12+. The molecule has 0 radical (unpaired) electrons. The smallest absolute Gasteiger partial charge is 0.254 e. The lowest BCUT2D eigenvalue weighted by Gasteiger charge is -2.10. The van der Waals surface area contributed by atoms with Gasteiger partial charge in [-0.3, -0.25) is 4.79 Å². The summed E-state index contributed by atoms with van der Waals surface area (Å²) in [5.41, 5.74) is 2.30. The molecule has 6 nitrogen and oxygen atoms in total. The van der Waals surface area contributed by atoms with Crippen LogP contribution in [0.3, 0.4) is 0 Å². The number of benzene rings is 3. The molecule has 4 aromatic rings. The SMILES string of the molecule is COc1cc(/C=C/C(=O)c2ccccc2)ccc1OCc1nnc(-c2ccccc2)o1. The second-order valence-corrected chi connectivity index (χ2v) is 6.63. The average Bonchev–Trinajstić information content (AvgIpc) is 3.31. The fourth-order valence-corrected chi connectivity index (χ4v) is 2.93. The number of allylic oxidation sites excluding steroid dienone is 1. The second kappa shape index (κ2) is 9.54. The van der Waals surface area contributed by atoms with Crippen molar-refractivity contribution < 1.29 is 18.7 Å². The van der Waals surface area contributed by atoms with Crippen LogP contribution in [-0.4, -0.2) is 23.1 Å². The highest BCUT2D eigenvalue weighted by atomic mass is 16.5. The molecule has 0 N–H and O–H groups in total. The molecule has 0 bridgehead atoms. The molecule has 4 rings (SSSR count). The van der Waals surface area contributed by atoms with Gasteiger partial charge in [-0.15, -0.1) is 10.2 Å². The first-order chi connectivity index (χ1) is 15.2. The number of methoxy groups -OCH3 is 1. The Morgan fingerprint density at radius 3 is 2.42 bits per heavy atom. The summed E-state index contributed by atoms with van der Waals surface area (Å²) in [6, 6.07) is 24.1. The molecule has 6 heteroatoms. The number of rotatable bonds is 8. The largest absolute Gasteiger partial charge is 0.493 e. The summed E-state index contributed by atoms with van der Waals surface area (Å²) in [6.07, 6.45) is 3.28. The highest BCUT2D eigenvalue weighted by molar-refractivity contribution is 6.06. The van der Waals surface area contributed by atoms with Crippen LogP contribution >= 0.6 is 0 Å². The molecule has 0 amide bonds. The van der Waals surface area contributed by atoms with Gasteiger partial charge in [-0.1, -0.05) is 60.7 Å². The van der Waals surface area contributed by atoms with E-state index in [1.807, 2.05) is 54.6 Å². The van der Waals surface area contributed by atoms with Crippen LogP contribution in [0.25, 0.3) is 17.5 Å². The number of nitrogens with zero attached hydrogens (tertiary/aromatic N) is 2. The van der Waals surface area contributed by atoms with Crippen molar-refractivity contribution >= 4 is 11.9 Å². The van der Waals surface area contributed by atoms with Gasteiger partial charge < -0.3 is 13.9 Å². The molecule has 3 aromatic carbocycles. The van der Waals surface area contributed by atoms with Gasteiger partial charge in [-0.2, -0.15) is 0 Å². The first-order valence-electron chi connectivity index (χ1n) is 9.69. The number of ether oxygens (including phenoxy) is 2. The first kappa shape index (κ1) is 20.1. The molecular weight excluding hydrogens is 392 g/mol. The van der Waals surface area contributed by atoms with E-state index in [0.717, 1.165) is 11.1 Å². The Morgan fingerprint density at radius 2 is 1.68 bits per heavy atom. The molecule has 0 saturated carbocycles. The maximum absolute atomic E-state index is 12.2. The maximum Gasteiger partial charge on any atom is 0.254 e. The predicted molar refractivity (Wildman–Crippen MR) is 117 cm³/mol. The van der Waals surface area contributed by atoms with Gasteiger partial charge in [0, 0.05) is 11.1 Å². The van der Waals surface area contributed by atoms with Crippen LogP contribution in [-0.2, 0) is 6.61 Å². The van der Waals surface area contributed by atoms with E-state index >= 15 is 0 Å². The second-order valence-electron chi connectivity index (χ2n) is 6.63. The lowest BCUT2D eigenvalue weighted by Crippen LogP contribution is -1.98. The van der Waals surface area contributed by atoms with Gasteiger partial charge in [0.25, 0.3) is 5.89 Å². The van der Waals surface area contributed by atoms with Crippen LogP contribution in [0.15, 0.2) is 89.4 Å². The van der Waals surface area contributed by atoms with E-state index in [9.17, 15) is 4.79 Å². The van der Waals surface area contributed by atoms with E-state index in [2.05, 4.69) is 10.2 Å². The van der Waals surface area contributed by atoms with Crippen molar-refractivity contribution in [1.29, 1.82) is 0 Å². The molecule has 0 aliphatic carbocycles. The van der Waals surface area contributed by atoms with Crippen molar-refractivity contribution in [3.63, 3.8) is 0 Å². The Hall–Kier alpha value is -4.19. The van der Waals surface area contributed by atoms with Gasteiger partial charge in [0.2, 0.25) is 5.89 Å². The van der Waals surface area contributed by atoms with E-state index in [0.29, 0.717) is 28.8 Å². The fourth-order valence-electron chi connectivity index (χ4n) is 2.93. The Balaban J connectivity index is 1.42. The number of carbonyl (C=O) groups is 1. The molecule has 0 spiro atoms. The van der Waals surface area contributed by atoms with Crippen molar-refractivity contribution in [2.75, 3.05) is 7.11 Å². The third kappa shape index (κ3) is 5.05. The lowest BCUT2D eigenvalue weighted by atomic mass is 10.1. The summed E-state index contributed by atoms with van der Waals surface area (Å²) in [6.45, 7) is 0.109. The van der Waals surface area contributed by atoms with Crippen molar-refractivity contribution in [3.05, 3.63) is 102 Å². The molecule has 0 aliphatic heterocycles. The zero-order chi connectivity index (χ0) is 21.5. The summed E-state index contributed by atoms with van der Waals surface area (Å²) < 4.78 is 16.9. The van der Waals surface area contributed by atoms with Crippen molar-refractivity contribution in [1.82, 2.24) is 10.2 Å². The summed E-state index contributed by atoms with van der Waals surface area (Å²) in [7, 11) is 1.56. The van der Waals surface area contributed by atoms with E-state index < -0.39 is 0 Å². The average molecular weight is 412 g/mol. The number of carbonyl (C=O) groups excluding carboxylic acids is 1. The minimum absolute atomic E-state index is 0.0643. The first-order valence-corrected chi connectivity index (χ1v) is 9.69. The number of ketones is 1.